The fourth-order valence-electron chi connectivity index (χ4n) is 1.90. The summed E-state index contributed by atoms with van der Waals surface area (Å²) in [4.78, 5) is 0. The Labute approximate surface area is 126 Å². The van der Waals surface area contributed by atoms with E-state index in [1.165, 1.54) is 6.07 Å². The molecule has 1 aromatic rings. The van der Waals surface area contributed by atoms with E-state index in [0.29, 0.717) is 6.61 Å². The molecule has 5 nitrogen and oxygen atoms in total. The van der Waals surface area contributed by atoms with Gasteiger partial charge >= 0.3 is 6.18 Å². The number of epoxide rings is 1. The third kappa shape index (κ3) is 4.43. The van der Waals surface area contributed by atoms with Crippen molar-refractivity contribution in [1.29, 1.82) is 5.26 Å². The summed E-state index contributed by atoms with van der Waals surface area (Å²) in [6.07, 6.45) is -4.78. The average molecular weight is 334 g/mol. The van der Waals surface area contributed by atoms with Crippen molar-refractivity contribution < 1.29 is 26.3 Å². The van der Waals surface area contributed by atoms with Crippen LogP contribution < -0.4 is 0 Å². The topological polar surface area (TPSA) is 73.7 Å². The maximum Gasteiger partial charge on any atom is 0.416 e. The fourth-order valence-corrected chi connectivity index (χ4v) is 3.33. The average Bonchev–Trinajstić information content (AvgIpc) is 3.21. The van der Waals surface area contributed by atoms with Crippen LogP contribution in [0.25, 0.3) is 0 Å². The smallest absolute Gasteiger partial charge is 0.372 e. The lowest BCUT2D eigenvalue weighted by Crippen LogP contribution is -2.35. The first kappa shape index (κ1) is 16.7. The lowest BCUT2D eigenvalue weighted by atomic mass is 10.1. The van der Waals surface area contributed by atoms with Crippen molar-refractivity contribution in [2.45, 2.75) is 18.0 Å². The zero-order valence-electron chi connectivity index (χ0n) is 11.4. The first-order chi connectivity index (χ1) is 10.2. The quantitative estimate of drug-likeness (QED) is 0.587. The van der Waals surface area contributed by atoms with E-state index in [0.717, 1.165) is 22.5 Å². The number of nitrogens with zero attached hydrogens (tertiary/aromatic N) is 2. The summed E-state index contributed by atoms with van der Waals surface area (Å²) in [5.74, 6) is -0.592. The second kappa shape index (κ2) is 6.24. The van der Waals surface area contributed by atoms with Gasteiger partial charge in [-0.1, -0.05) is 18.2 Å². The van der Waals surface area contributed by atoms with Crippen molar-refractivity contribution in [2.75, 3.05) is 19.7 Å². The minimum Gasteiger partial charge on any atom is -0.372 e. The number of nitriles is 1. The Morgan fingerprint density at radius 2 is 2.09 bits per heavy atom. The number of hydrogen-bond donors (Lipinski definition) is 0. The number of rotatable bonds is 6. The van der Waals surface area contributed by atoms with E-state index in [-0.39, 0.29) is 24.8 Å². The highest BCUT2D eigenvalue weighted by atomic mass is 32.2. The summed E-state index contributed by atoms with van der Waals surface area (Å²) < 4.78 is 68.3. The number of halogens is 3. The first-order valence-electron chi connectivity index (χ1n) is 6.35. The van der Waals surface area contributed by atoms with E-state index in [1.807, 2.05) is 0 Å². The molecule has 1 heterocycles. The van der Waals surface area contributed by atoms with E-state index >= 15 is 0 Å². The Morgan fingerprint density at radius 1 is 1.41 bits per heavy atom. The van der Waals surface area contributed by atoms with Gasteiger partial charge in [-0.3, -0.25) is 0 Å². The van der Waals surface area contributed by atoms with Crippen LogP contribution in [0.15, 0.2) is 24.3 Å². The van der Waals surface area contributed by atoms with Crippen LogP contribution >= 0.6 is 0 Å². The number of alkyl halides is 3. The van der Waals surface area contributed by atoms with Crippen LogP contribution in [0.5, 0.6) is 0 Å². The molecule has 0 spiro atoms. The van der Waals surface area contributed by atoms with Gasteiger partial charge in [0.25, 0.3) is 0 Å². The van der Waals surface area contributed by atoms with Crippen LogP contribution in [-0.4, -0.2) is 38.5 Å². The van der Waals surface area contributed by atoms with Crippen LogP contribution in [0.4, 0.5) is 13.2 Å². The molecule has 1 aliphatic heterocycles. The Kier molecular flexibility index (Phi) is 4.75. The second-order valence-corrected chi connectivity index (χ2v) is 6.83. The van der Waals surface area contributed by atoms with Crippen molar-refractivity contribution in [3.8, 4) is 6.07 Å². The summed E-state index contributed by atoms with van der Waals surface area (Å²) in [6, 6.07) is 5.89. The molecule has 0 radical (unpaired) electrons. The molecule has 0 bridgehead atoms. The molecule has 0 N–H and O–H groups in total. The Hall–Kier alpha value is -1.63. The van der Waals surface area contributed by atoms with Gasteiger partial charge in [0.2, 0.25) is 10.0 Å². The second-order valence-electron chi connectivity index (χ2n) is 4.86. The van der Waals surface area contributed by atoms with Crippen LogP contribution in [0.1, 0.15) is 11.1 Å². The molecular weight excluding hydrogens is 321 g/mol. The van der Waals surface area contributed by atoms with Gasteiger partial charge < -0.3 is 4.74 Å². The number of hydrogen-bond acceptors (Lipinski definition) is 4. The van der Waals surface area contributed by atoms with Gasteiger partial charge in [-0.2, -0.15) is 22.7 Å². The molecule has 0 saturated carbocycles. The maximum absolute atomic E-state index is 12.6. The molecule has 1 aliphatic rings. The van der Waals surface area contributed by atoms with Gasteiger partial charge in [-0.15, -0.1) is 0 Å². The molecule has 1 unspecified atom stereocenters. The third-order valence-corrected chi connectivity index (χ3v) is 4.82. The van der Waals surface area contributed by atoms with Gasteiger partial charge in [0.05, 0.1) is 30.1 Å². The lowest BCUT2D eigenvalue weighted by Gasteiger charge is -2.18. The van der Waals surface area contributed by atoms with Crippen LogP contribution in [0.3, 0.4) is 0 Å². The standard InChI is InChI=1S/C13H13F3N2O3S/c14-13(15,16)11-3-1-2-10(6-11)9-22(19,20)18(5-4-17)7-12-8-21-12/h1-3,6,12H,5,7-9H2. The van der Waals surface area contributed by atoms with Gasteiger partial charge in [-0.05, 0) is 11.6 Å². The zero-order chi connectivity index (χ0) is 16.4. The largest absolute Gasteiger partial charge is 0.416 e. The van der Waals surface area contributed by atoms with Crippen LogP contribution in [0.2, 0.25) is 0 Å². The molecule has 1 aromatic carbocycles. The van der Waals surface area contributed by atoms with E-state index in [1.54, 1.807) is 6.07 Å². The Morgan fingerprint density at radius 3 is 2.64 bits per heavy atom. The Balaban J connectivity index is 2.18. The summed E-state index contributed by atoms with van der Waals surface area (Å²) >= 11 is 0. The third-order valence-electron chi connectivity index (χ3n) is 3.05. The fraction of sp³-hybridized carbons (Fsp3) is 0.462. The van der Waals surface area contributed by atoms with Crippen LogP contribution in [0, 0.1) is 11.3 Å². The van der Waals surface area contributed by atoms with Gasteiger partial charge in [-0.25, -0.2) is 8.42 Å². The van der Waals surface area contributed by atoms with E-state index in [2.05, 4.69) is 0 Å². The molecular formula is C13H13F3N2O3S. The van der Waals surface area contributed by atoms with Crippen molar-refractivity contribution in [3.63, 3.8) is 0 Å². The molecule has 1 saturated heterocycles. The molecule has 120 valence electrons. The number of ether oxygens (including phenoxy) is 1. The van der Waals surface area contributed by atoms with Crippen molar-refractivity contribution >= 4 is 10.0 Å². The number of sulfonamides is 1. The van der Waals surface area contributed by atoms with Crippen LogP contribution in [-0.2, 0) is 26.7 Å². The maximum atomic E-state index is 12.6. The lowest BCUT2D eigenvalue weighted by molar-refractivity contribution is -0.137. The van der Waals surface area contributed by atoms with Gasteiger partial charge in [0.15, 0.2) is 0 Å². The summed E-state index contributed by atoms with van der Waals surface area (Å²) in [5, 5.41) is 8.70. The SMILES string of the molecule is N#CCN(CC1CO1)S(=O)(=O)Cc1cccc(C(F)(F)F)c1. The molecule has 1 atom stereocenters. The molecule has 22 heavy (non-hydrogen) atoms. The normalized spacial score (nSPS) is 18.2. The predicted octanol–water partition coefficient (Wildman–Crippen LogP) is 1.76. The van der Waals surface area contributed by atoms with E-state index < -0.39 is 27.5 Å². The minimum atomic E-state index is -4.53. The zero-order valence-corrected chi connectivity index (χ0v) is 12.2. The van der Waals surface area contributed by atoms with Crippen molar-refractivity contribution in [1.82, 2.24) is 4.31 Å². The number of benzene rings is 1. The Bertz CT molecular complexity index is 679. The molecule has 0 amide bonds. The molecule has 0 aliphatic carbocycles. The van der Waals surface area contributed by atoms with E-state index in [9.17, 15) is 21.6 Å². The van der Waals surface area contributed by atoms with E-state index in [4.69, 9.17) is 10.00 Å². The predicted molar refractivity (Wildman–Crippen MR) is 71.0 cm³/mol. The van der Waals surface area contributed by atoms with Gasteiger partial charge in [0.1, 0.15) is 6.54 Å². The highest BCUT2D eigenvalue weighted by molar-refractivity contribution is 7.88. The highest BCUT2D eigenvalue weighted by Gasteiger charge is 2.33. The monoisotopic (exact) mass is 334 g/mol. The summed E-state index contributed by atoms with van der Waals surface area (Å²) in [5.41, 5.74) is -0.882. The summed E-state index contributed by atoms with van der Waals surface area (Å²) in [6.45, 7) is 0.0943. The molecule has 9 heteroatoms. The van der Waals surface area contributed by atoms with Crippen molar-refractivity contribution in [3.05, 3.63) is 35.4 Å². The molecule has 1 fully saturated rings. The highest BCUT2D eigenvalue weighted by Crippen LogP contribution is 2.30. The van der Waals surface area contributed by atoms with Gasteiger partial charge in [0, 0.05) is 6.54 Å². The summed E-state index contributed by atoms with van der Waals surface area (Å²) in [7, 11) is -3.89. The minimum absolute atomic E-state index is 0.0227. The first-order valence-corrected chi connectivity index (χ1v) is 7.96. The van der Waals surface area contributed by atoms with Crippen molar-refractivity contribution in [2.24, 2.45) is 0 Å². The molecule has 2 rings (SSSR count). The molecule has 0 aromatic heterocycles.